The van der Waals surface area contributed by atoms with E-state index in [-0.39, 0.29) is 10.0 Å². The quantitative estimate of drug-likeness (QED) is 0.804. The Labute approximate surface area is 114 Å². The molecule has 1 fully saturated rings. The SMILES string of the molecule is CN1CCCC(O)(c2c(F)ccc(Br)c2F)CC1. The first-order valence-corrected chi connectivity index (χ1v) is 6.78. The van der Waals surface area contributed by atoms with E-state index in [1.807, 2.05) is 7.05 Å². The normalized spacial score (nSPS) is 26.1. The zero-order valence-corrected chi connectivity index (χ0v) is 11.8. The van der Waals surface area contributed by atoms with E-state index in [2.05, 4.69) is 20.8 Å². The first-order valence-electron chi connectivity index (χ1n) is 5.99. The summed E-state index contributed by atoms with van der Waals surface area (Å²) < 4.78 is 28.1. The number of hydrogen-bond donors (Lipinski definition) is 1. The summed E-state index contributed by atoms with van der Waals surface area (Å²) in [7, 11) is 1.94. The topological polar surface area (TPSA) is 23.5 Å². The lowest BCUT2D eigenvalue weighted by Gasteiger charge is -2.28. The lowest BCUT2D eigenvalue weighted by Crippen LogP contribution is -2.30. The Morgan fingerprint density at radius 3 is 2.72 bits per heavy atom. The maximum absolute atomic E-state index is 14.1. The predicted octanol–water partition coefficient (Wildman–Crippen LogP) is 3.03. The summed E-state index contributed by atoms with van der Waals surface area (Å²) in [5.41, 5.74) is -1.62. The molecule has 0 amide bonds. The van der Waals surface area contributed by atoms with Gasteiger partial charge in [0.1, 0.15) is 11.6 Å². The van der Waals surface area contributed by atoms with E-state index >= 15 is 0 Å². The molecule has 1 aromatic carbocycles. The summed E-state index contributed by atoms with van der Waals surface area (Å²) >= 11 is 3.04. The molecule has 0 saturated carbocycles. The highest BCUT2D eigenvalue weighted by atomic mass is 79.9. The van der Waals surface area contributed by atoms with Gasteiger partial charge in [0.2, 0.25) is 0 Å². The summed E-state index contributed by atoms with van der Waals surface area (Å²) in [6.07, 6.45) is 1.44. The van der Waals surface area contributed by atoms with Crippen molar-refractivity contribution in [2.45, 2.75) is 24.9 Å². The maximum atomic E-state index is 14.1. The van der Waals surface area contributed by atoms with Gasteiger partial charge in [0.15, 0.2) is 0 Å². The van der Waals surface area contributed by atoms with Crippen molar-refractivity contribution in [2.75, 3.05) is 20.1 Å². The van der Waals surface area contributed by atoms with Crippen LogP contribution in [0.2, 0.25) is 0 Å². The Morgan fingerprint density at radius 2 is 2.00 bits per heavy atom. The number of likely N-dealkylation sites (tertiary alicyclic amines) is 1. The van der Waals surface area contributed by atoms with E-state index in [0.29, 0.717) is 19.4 Å². The highest BCUT2D eigenvalue weighted by Gasteiger charge is 2.36. The second-order valence-electron chi connectivity index (χ2n) is 4.91. The Morgan fingerprint density at radius 1 is 1.28 bits per heavy atom. The molecule has 2 rings (SSSR count). The molecular weight excluding hydrogens is 304 g/mol. The van der Waals surface area contributed by atoms with Crippen molar-refractivity contribution in [1.82, 2.24) is 4.90 Å². The van der Waals surface area contributed by atoms with Crippen molar-refractivity contribution < 1.29 is 13.9 Å². The van der Waals surface area contributed by atoms with Crippen LogP contribution < -0.4 is 0 Å². The molecule has 1 aliphatic rings. The number of aliphatic hydroxyl groups is 1. The van der Waals surface area contributed by atoms with E-state index < -0.39 is 17.2 Å². The lowest BCUT2D eigenvalue weighted by atomic mass is 9.86. The first-order chi connectivity index (χ1) is 8.44. The van der Waals surface area contributed by atoms with Crippen LogP contribution in [0.1, 0.15) is 24.8 Å². The molecule has 0 radical (unpaired) electrons. The van der Waals surface area contributed by atoms with Crippen LogP contribution in [0.3, 0.4) is 0 Å². The average Bonchev–Trinajstić information content (AvgIpc) is 2.48. The van der Waals surface area contributed by atoms with Crippen molar-refractivity contribution in [1.29, 1.82) is 0 Å². The Hall–Kier alpha value is -0.520. The molecular formula is C13H16BrF2NO. The number of nitrogens with zero attached hydrogens (tertiary/aromatic N) is 1. The molecule has 1 aliphatic heterocycles. The molecule has 0 aromatic heterocycles. The largest absolute Gasteiger partial charge is 0.385 e. The monoisotopic (exact) mass is 319 g/mol. The predicted molar refractivity (Wildman–Crippen MR) is 69.3 cm³/mol. The van der Waals surface area contributed by atoms with Gasteiger partial charge in [-0.2, -0.15) is 0 Å². The van der Waals surface area contributed by atoms with Gasteiger partial charge in [-0.25, -0.2) is 8.78 Å². The highest BCUT2D eigenvalue weighted by Crippen LogP contribution is 2.37. The molecule has 18 heavy (non-hydrogen) atoms. The third kappa shape index (κ3) is 2.58. The second kappa shape index (κ2) is 5.23. The molecule has 0 aliphatic carbocycles. The third-order valence-corrected chi connectivity index (χ3v) is 4.16. The smallest absolute Gasteiger partial charge is 0.146 e. The van der Waals surface area contributed by atoms with E-state index in [1.54, 1.807) is 0 Å². The fourth-order valence-electron chi connectivity index (χ4n) is 2.46. The molecule has 0 spiro atoms. The minimum absolute atomic E-state index is 0.185. The van der Waals surface area contributed by atoms with Crippen molar-refractivity contribution in [3.63, 3.8) is 0 Å². The van der Waals surface area contributed by atoms with Gasteiger partial charge in [0.25, 0.3) is 0 Å². The van der Waals surface area contributed by atoms with Crippen LogP contribution in [-0.4, -0.2) is 30.1 Å². The summed E-state index contributed by atoms with van der Waals surface area (Å²) in [5.74, 6) is -1.37. The van der Waals surface area contributed by atoms with E-state index in [4.69, 9.17) is 0 Å². The van der Waals surface area contributed by atoms with E-state index in [0.717, 1.165) is 13.0 Å². The van der Waals surface area contributed by atoms with Crippen LogP contribution in [0.15, 0.2) is 16.6 Å². The van der Waals surface area contributed by atoms with Crippen LogP contribution >= 0.6 is 15.9 Å². The number of rotatable bonds is 1. The Kier molecular flexibility index (Phi) is 4.04. The summed E-state index contributed by atoms with van der Waals surface area (Å²) in [5, 5.41) is 10.6. The minimum Gasteiger partial charge on any atom is -0.385 e. The molecule has 1 N–H and O–H groups in total. The minimum atomic E-state index is -1.41. The molecule has 100 valence electrons. The molecule has 1 heterocycles. The van der Waals surface area contributed by atoms with Crippen molar-refractivity contribution in [3.8, 4) is 0 Å². The van der Waals surface area contributed by atoms with Crippen molar-refractivity contribution in [3.05, 3.63) is 33.8 Å². The van der Waals surface area contributed by atoms with Crippen LogP contribution in [-0.2, 0) is 5.60 Å². The van der Waals surface area contributed by atoms with Gasteiger partial charge < -0.3 is 10.0 Å². The van der Waals surface area contributed by atoms with Crippen molar-refractivity contribution >= 4 is 15.9 Å². The number of halogens is 3. The van der Waals surface area contributed by atoms with Gasteiger partial charge in [0, 0.05) is 6.54 Å². The standard InChI is InChI=1S/C13H16BrF2NO/c1-17-7-2-5-13(18,6-8-17)11-10(15)4-3-9(14)12(11)16/h3-4,18H,2,5-8H2,1H3. The number of hydrogen-bond acceptors (Lipinski definition) is 2. The molecule has 0 bridgehead atoms. The first kappa shape index (κ1) is 13.9. The van der Waals surface area contributed by atoms with Gasteiger partial charge in [-0.15, -0.1) is 0 Å². The molecule has 1 aromatic rings. The van der Waals surface area contributed by atoms with Crippen LogP contribution in [0, 0.1) is 11.6 Å². The van der Waals surface area contributed by atoms with Gasteiger partial charge in [-0.3, -0.25) is 0 Å². The second-order valence-corrected chi connectivity index (χ2v) is 5.76. The van der Waals surface area contributed by atoms with Crippen LogP contribution in [0.5, 0.6) is 0 Å². The highest BCUT2D eigenvalue weighted by molar-refractivity contribution is 9.10. The van der Waals surface area contributed by atoms with Gasteiger partial charge in [-0.1, -0.05) is 0 Å². The Balaban J connectivity index is 2.43. The fourth-order valence-corrected chi connectivity index (χ4v) is 2.79. The molecule has 1 atom stereocenters. The van der Waals surface area contributed by atoms with Gasteiger partial charge in [-0.05, 0) is 60.9 Å². The molecule has 2 nitrogen and oxygen atoms in total. The zero-order chi connectivity index (χ0) is 13.3. The summed E-state index contributed by atoms with van der Waals surface area (Å²) in [6, 6.07) is 2.51. The average molecular weight is 320 g/mol. The molecule has 1 unspecified atom stereocenters. The van der Waals surface area contributed by atoms with Crippen molar-refractivity contribution in [2.24, 2.45) is 0 Å². The molecule has 5 heteroatoms. The fraction of sp³-hybridized carbons (Fsp3) is 0.538. The third-order valence-electron chi connectivity index (χ3n) is 3.55. The maximum Gasteiger partial charge on any atom is 0.146 e. The van der Waals surface area contributed by atoms with E-state index in [1.165, 1.54) is 12.1 Å². The lowest BCUT2D eigenvalue weighted by molar-refractivity contribution is 0.0147. The van der Waals surface area contributed by atoms with Crippen LogP contribution in [0.25, 0.3) is 0 Å². The van der Waals surface area contributed by atoms with Crippen LogP contribution in [0.4, 0.5) is 8.78 Å². The van der Waals surface area contributed by atoms with Gasteiger partial charge >= 0.3 is 0 Å². The number of benzene rings is 1. The zero-order valence-electron chi connectivity index (χ0n) is 10.2. The van der Waals surface area contributed by atoms with E-state index in [9.17, 15) is 13.9 Å². The summed E-state index contributed by atoms with van der Waals surface area (Å²) in [6.45, 7) is 1.46. The summed E-state index contributed by atoms with van der Waals surface area (Å²) in [4.78, 5) is 2.06. The van der Waals surface area contributed by atoms with Gasteiger partial charge in [0.05, 0.1) is 15.6 Å². The Bertz CT molecular complexity index is 455. The molecule has 1 saturated heterocycles.